The summed E-state index contributed by atoms with van der Waals surface area (Å²) in [7, 11) is 0. The Balaban J connectivity index is 2.30. The van der Waals surface area contributed by atoms with E-state index >= 15 is 0 Å². The van der Waals surface area contributed by atoms with Crippen molar-refractivity contribution in [2.24, 2.45) is 0 Å². The molecular formula is C12H13NO. The SMILES string of the molecule is O=CC=CN1CCCc2ccccc21. The van der Waals surface area contributed by atoms with Crippen molar-refractivity contribution in [3.63, 3.8) is 0 Å². The number of carbonyl (C=O) groups is 1. The summed E-state index contributed by atoms with van der Waals surface area (Å²) < 4.78 is 0. The Kier molecular flexibility index (Phi) is 2.63. The molecule has 2 nitrogen and oxygen atoms in total. The Labute approximate surface area is 83.8 Å². The van der Waals surface area contributed by atoms with E-state index in [0.717, 1.165) is 25.7 Å². The minimum Gasteiger partial charge on any atom is -0.348 e. The molecule has 0 saturated heterocycles. The maximum atomic E-state index is 10.2. The van der Waals surface area contributed by atoms with Gasteiger partial charge >= 0.3 is 0 Å². The molecule has 0 amide bonds. The maximum Gasteiger partial charge on any atom is 0.144 e. The number of hydrogen-bond donors (Lipinski definition) is 0. The quantitative estimate of drug-likeness (QED) is 0.522. The van der Waals surface area contributed by atoms with Gasteiger partial charge in [0.25, 0.3) is 0 Å². The van der Waals surface area contributed by atoms with Crippen molar-refractivity contribution >= 4 is 12.0 Å². The van der Waals surface area contributed by atoms with Crippen molar-refractivity contribution in [1.29, 1.82) is 0 Å². The second-order valence-corrected chi connectivity index (χ2v) is 3.40. The minimum absolute atomic E-state index is 0.817. The summed E-state index contributed by atoms with van der Waals surface area (Å²) in [5, 5.41) is 0. The Hall–Kier alpha value is -1.57. The molecule has 1 heterocycles. The van der Waals surface area contributed by atoms with Crippen LogP contribution in [-0.4, -0.2) is 12.8 Å². The van der Waals surface area contributed by atoms with E-state index in [9.17, 15) is 4.79 Å². The number of rotatable bonds is 2. The summed E-state index contributed by atoms with van der Waals surface area (Å²) >= 11 is 0. The highest BCUT2D eigenvalue weighted by atomic mass is 16.1. The number of aldehydes is 1. The smallest absolute Gasteiger partial charge is 0.144 e. The van der Waals surface area contributed by atoms with Gasteiger partial charge in [0.2, 0.25) is 0 Å². The third kappa shape index (κ3) is 1.69. The van der Waals surface area contributed by atoms with Gasteiger partial charge < -0.3 is 4.90 Å². The summed E-state index contributed by atoms with van der Waals surface area (Å²) in [6.07, 6.45) is 6.51. The Morgan fingerprint density at radius 2 is 2.14 bits per heavy atom. The fourth-order valence-corrected chi connectivity index (χ4v) is 1.86. The number of nitrogens with zero attached hydrogens (tertiary/aromatic N) is 1. The average molecular weight is 187 g/mol. The topological polar surface area (TPSA) is 20.3 Å². The number of benzene rings is 1. The molecule has 0 saturated carbocycles. The van der Waals surface area contributed by atoms with Crippen LogP contribution in [-0.2, 0) is 11.2 Å². The molecule has 1 aromatic carbocycles. The van der Waals surface area contributed by atoms with E-state index in [4.69, 9.17) is 0 Å². The second kappa shape index (κ2) is 4.09. The Morgan fingerprint density at radius 1 is 1.29 bits per heavy atom. The van der Waals surface area contributed by atoms with E-state index in [-0.39, 0.29) is 0 Å². The molecule has 0 N–H and O–H groups in total. The van der Waals surface area contributed by atoms with Crippen molar-refractivity contribution in [1.82, 2.24) is 0 Å². The molecule has 0 fully saturated rings. The molecule has 0 atom stereocenters. The largest absolute Gasteiger partial charge is 0.348 e. The normalized spacial score (nSPS) is 15.6. The first-order valence-corrected chi connectivity index (χ1v) is 4.88. The number of hydrogen-bond acceptors (Lipinski definition) is 2. The number of fused-ring (bicyclic) bond motifs is 1. The number of allylic oxidation sites excluding steroid dienone is 1. The third-order valence-corrected chi connectivity index (χ3v) is 2.49. The highest BCUT2D eigenvalue weighted by Gasteiger charge is 2.13. The van der Waals surface area contributed by atoms with Gasteiger partial charge in [-0.3, -0.25) is 4.79 Å². The van der Waals surface area contributed by atoms with Crippen LogP contribution in [0.15, 0.2) is 36.5 Å². The molecule has 0 aliphatic carbocycles. The average Bonchev–Trinajstić information content (AvgIpc) is 2.26. The summed E-state index contributed by atoms with van der Waals surface area (Å²) in [5.74, 6) is 0. The van der Waals surface area contributed by atoms with E-state index in [1.54, 1.807) is 6.08 Å². The van der Waals surface area contributed by atoms with E-state index in [1.165, 1.54) is 11.3 Å². The van der Waals surface area contributed by atoms with Gasteiger partial charge in [-0.05, 0) is 30.5 Å². The first kappa shape index (κ1) is 9.00. The van der Waals surface area contributed by atoms with Gasteiger partial charge in [0.1, 0.15) is 6.29 Å². The molecule has 0 bridgehead atoms. The van der Waals surface area contributed by atoms with E-state index < -0.39 is 0 Å². The van der Waals surface area contributed by atoms with Crippen LogP contribution in [0.4, 0.5) is 5.69 Å². The molecule has 0 aromatic heterocycles. The van der Waals surface area contributed by atoms with Gasteiger partial charge in [-0.1, -0.05) is 18.2 Å². The molecule has 0 spiro atoms. The molecule has 0 radical (unpaired) electrons. The van der Waals surface area contributed by atoms with Crippen molar-refractivity contribution < 1.29 is 4.79 Å². The standard InChI is InChI=1S/C12H13NO/c14-10-4-9-13-8-3-6-11-5-1-2-7-12(11)13/h1-2,4-5,7,9-10H,3,6,8H2. The summed E-state index contributed by atoms with van der Waals surface area (Å²) in [6.45, 7) is 1.00. The number of aryl methyl sites for hydroxylation is 1. The predicted molar refractivity (Wildman–Crippen MR) is 57.3 cm³/mol. The van der Waals surface area contributed by atoms with Crippen molar-refractivity contribution in [2.75, 3.05) is 11.4 Å². The lowest BCUT2D eigenvalue weighted by Gasteiger charge is -2.27. The third-order valence-electron chi connectivity index (χ3n) is 2.49. The van der Waals surface area contributed by atoms with Crippen LogP contribution in [0.3, 0.4) is 0 Å². The zero-order valence-corrected chi connectivity index (χ0v) is 8.02. The van der Waals surface area contributed by atoms with Crippen LogP contribution in [0.1, 0.15) is 12.0 Å². The maximum absolute atomic E-state index is 10.2. The van der Waals surface area contributed by atoms with Crippen LogP contribution >= 0.6 is 0 Å². The molecule has 0 unspecified atom stereocenters. The molecule has 14 heavy (non-hydrogen) atoms. The summed E-state index contributed by atoms with van der Waals surface area (Å²) in [6, 6.07) is 8.34. The first-order chi connectivity index (χ1) is 6.92. The second-order valence-electron chi connectivity index (χ2n) is 3.40. The van der Waals surface area contributed by atoms with E-state index in [2.05, 4.69) is 23.1 Å². The van der Waals surface area contributed by atoms with Gasteiger partial charge in [0.15, 0.2) is 0 Å². The monoisotopic (exact) mass is 187 g/mol. The lowest BCUT2D eigenvalue weighted by Crippen LogP contribution is -2.23. The van der Waals surface area contributed by atoms with Crippen molar-refractivity contribution in [3.05, 3.63) is 42.1 Å². The number of carbonyl (C=O) groups excluding carboxylic acids is 1. The minimum atomic E-state index is 0.817. The molecule has 1 aliphatic rings. The van der Waals surface area contributed by atoms with Crippen LogP contribution in [0.25, 0.3) is 0 Å². The lowest BCUT2D eigenvalue weighted by atomic mass is 10.0. The Bertz CT molecular complexity index is 357. The lowest BCUT2D eigenvalue weighted by molar-refractivity contribution is -0.104. The highest BCUT2D eigenvalue weighted by Crippen LogP contribution is 2.26. The predicted octanol–water partition coefficient (Wildman–Crippen LogP) is 2.15. The zero-order chi connectivity index (χ0) is 9.80. The van der Waals surface area contributed by atoms with Gasteiger partial charge in [0.05, 0.1) is 0 Å². The summed E-state index contributed by atoms with van der Waals surface area (Å²) in [4.78, 5) is 12.4. The summed E-state index contributed by atoms with van der Waals surface area (Å²) in [5.41, 5.74) is 2.60. The van der Waals surface area contributed by atoms with Crippen LogP contribution in [0.5, 0.6) is 0 Å². The molecule has 2 heteroatoms. The first-order valence-electron chi connectivity index (χ1n) is 4.88. The fourth-order valence-electron chi connectivity index (χ4n) is 1.86. The van der Waals surface area contributed by atoms with Crippen LogP contribution < -0.4 is 4.90 Å². The highest BCUT2D eigenvalue weighted by molar-refractivity contribution is 5.67. The van der Waals surface area contributed by atoms with Gasteiger partial charge in [-0.15, -0.1) is 0 Å². The van der Waals surface area contributed by atoms with Gasteiger partial charge in [0, 0.05) is 18.4 Å². The molecule has 72 valence electrons. The van der Waals surface area contributed by atoms with E-state index in [0.29, 0.717) is 0 Å². The molecule has 1 aromatic rings. The van der Waals surface area contributed by atoms with Crippen LogP contribution in [0, 0.1) is 0 Å². The number of anilines is 1. The molecule has 1 aliphatic heterocycles. The van der Waals surface area contributed by atoms with Crippen molar-refractivity contribution in [3.8, 4) is 0 Å². The van der Waals surface area contributed by atoms with Gasteiger partial charge in [-0.25, -0.2) is 0 Å². The van der Waals surface area contributed by atoms with Crippen molar-refractivity contribution in [2.45, 2.75) is 12.8 Å². The molecular weight excluding hydrogens is 174 g/mol. The fraction of sp³-hybridized carbons (Fsp3) is 0.250. The number of para-hydroxylation sites is 1. The van der Waals surface area contributed by atoms with Crippen LogP contribution in [0.2, 0.25) is 0 Å². The van der Waals surface area contributed by atoms with E-state index in [1.807, 2.05) is 12.3 Å². The molecule has 2 rings (SSSR count). The van der Waals surface area contributed by atoms with Gasteiger partial charge in [-0.2, -0.15) is 0 Å². The Morgan fingerprint density at radius 3 is 3.00 bits per heavy atom. The zero-order valence-electron chi connectivity index (χ0n) is 8.02.